The molecule has 1 aromatic rings. The Morgan fingerprint density at radius 3 is 2.75 bits per heavy atom. The van der Waals surface area contributed by atoms with E-state index in [1.165, 1.54) is 13.0 Å². The van der Waals surface area contributed by atoms with Crippen LogP contribution in [0.25, 0.3) is 0 Å². The van der Waals surface area contributed by atoms with Gasteiger partial charge in [0.2, 0.25) is 0 Å². The number of hydrogen-bond donors (Lipinski definition) is 0. The fraction of sp³-hybridized carbons (Fsp3) is 0.222. The number of halogens is 2. The Balaban J connectivity index is 2.93. The van der Waals surface area contributed by atoms with Gasteiger partial charge in [-0.15, -0.1) is 0 Å². The van der Waals surface area contributed by atoms with Crippen LogP contribution in [0.2, 0.25) is 0 Å². The smallest absolute Gasteiger partial charge is 0.134 e. The first-order valence-corrected chi connectivity index (χ1v) is 4.61. The van der Waals surface area contributed by atoms with E-state index in [-0.39, 0.29) is 18.0 Å². The lowest BCUT2D eigenvalue weighted by molar-refractivity contribution is -0.116. The molecule has 0 spiro atoms. The van der Waals surface area contributed by atoms with E-state index in [0.29, 0.717) is 5.56 Å². The highest BCUT2D eigenvalue weighted by Gasteiger charge is 2.04. The Kier molecular flexibility index (Phi) is 3.20. The summed E-state index contributed by atoms with van der Waals surface area (Å²) in [6.45, 7) is 1.46. The molecule has 0 bridgehead atoms. The zero-order valence-electron chi connectivity index (χ0n) is 6.60. The average Bonchev–Trinajstić information content (AvgIpc) is 1.94. The Hall–Kier alpha value is -0.450. The highest BCUT2D eigenvalue weighted by molar-refractivity contribution is 14.1. The molecule has 0 aromatic heterocycles. The van der Waals surface area contributed by atoms with E-state index in [4.69, 9.17) is 0 Å². The van der Waals surface area contributed by atoms with Crippen LogP contribution in [-0.2, 0) is 11.2 Å². The standard InChI is InChI=1S/C9H8FIO/c1-6(12)4-7-2-3-8(11)5-9(7)10/h2-3,5H,4H2,1H3. The molecule has 1 aromatic carbocycles. The Bertz CT molecular complexity index is 309. The third-order valence-electron chi connectivity index (χ3n) is 1.45. The van der Waals surface area contributed by atoms with Crippen LogP contribution in [0.3, 0.4) is 0 Å². The van der Waals surface area contributed by atoms with Gasteiger partial charge in [-0.1, -0.05) is 6.07 Å². The van der Waals surface area contributed by atoms with Crippen molar-refractivity contribution in [3.05, 3.63) is 33.1 Å². The average molecular weight is 278 g/mol. The molecule has 0 saturated carbocycles. The van der Waals surface area contributed by atoms with E-state index in [9.17, 15) is 9.18 Å². The van der Waals surface area contributed by atoms with Gasteiger partial charge >= 0.3 is 0 Å². The molecule has 0 fully saturated rings. The summed E-state index contributed by atoms with van der Waals surface area (Å²) in [6.07, 6.45) is 0.183. The Morgan fingerprint density at radius 1 is 1.58 bits per heavy atom. The van der Waals surface area contributed by atoms with Crippen LogP contribution in [0.15, 0.2) is 18.2 Å². The van der Waals surface area contributed by atoms with E-state index in [1.807, 2.05) is 22.6 Å². The fourth-order valence-electron chi connectivity index (χ4n) is 0.933. The normalized spacial score (nSPS) is 9.92. The van der Waals surface area contributed by atoms with Crippen LogP contribution in [0.1, 0.15) is 12.5 Å². The van der Waals surface area contributed by atoms with Crippen molar-refractivity contribution in [2.24, 2.45) is 0 Å². The maximum Gasteiger partial charge on any atom is 0.134 e. The number of carbonyl (C=O) groups is 1. The number of carbonyl (C=O) groups excluding carboxylic acids is 1. The summed E-state index contributed by atoms with van der Waals surface area (Å²) in [6, 6.07) is 4.87. The first kappa shape index (κ1) is 9.64. The predicted octanol–water partition coefficient (Wildman–Crippen LogP) is 2.56. The van der Waals surface area contributed by atoms with Crippen molar-refractivity contribution in [1.82, 2.24) is 0 Å². The largest absolute Gasteiger partial charge is 0.300 e. The quantitative estimate of drug-likeness (QED) is 0.760. The van der Waals surface area contributed by atoms with Crippen LogP contribution in [-0.4, -0.2) is 5.78 Å². The van der Waals surface area contributed by atoms with E-state index >= 15 is 0 Å². The van der Waals surface area contributed by atoms with Crippen LogP contribution < -0.4 is 0 Å². The van der Waals surface area contributed by atoms with Gasteiger partial charge in [-0.2, -0.15) is 0 Å². The molecular formula is C9H8FIO. The van der Waals surface area contributed by atoms with Gasteiger partial charge in [0, 0.05) is 9.99 Å². The second-order valence-electron chi connectivity index (χ2n) is 2.61. The molecular weight excluding hydrogens is 270 g/mol. The maximum atomic E-state index is 13.1. The van der Waals surface area contributed by atoms with Gasteiger partial charge in [-0.3, -0.25) is 4.79 Å². The summed E-state index contributed by atoms with van der Waals surface area (Å²) in [5.41, 5.74) is 0.475. The molecule has 0 N–H and O–H groups in total. The molecule has 1 nitrogen and oxygen atoms in total. The van der Waals surface area contributed by atoms with Crippen molar-refractivity contribution in [1.29, 1.82) is 0 Å². The van der Waals surface area contributed by atoms with Crippen molar-refractivity contribution in [2.45, 2.75) is 13.3 Å². The van der Waals surface area contributed by atoms with Gasteiger partial charge in [-0.05, 0) is 47.2 Å². The first-order chi connectivity index (χ1) is 5.59. The number of ketones is 1. The summed E-state index contributed by atoms with van der Waals surface area (Å²) in [4.78, 5) is 10.7. The zero-order valence-corrected chi connectivity index (χ0v) is 8.76. The topological polar surface area (TPSA) is 17.1 Å². The van der Waals surface area contributed by atoms with E-state index < -0.39 is 0 Å². The lowest BCUT2D eigenvalue weighted by Crippen LogP contribution is -1.99. The van der Waals surface area contributed by atoms with E-state index in [1.54, 1.807) is 12.1 Å². The molecule has 0 atom stereocenters. The van der Waals surface area contributed by atoms with Gasteiger partial charge < -0.3 is 0 Å². The minimum absolute atomic E-state index is 0.0184. The first-order valence-electron chi connectivity index (χ1n) is 3.53. The number of rotatable bonds is 2. The molecule has 0 radical (unpaired) electrons. The Labute approximate surface area is 84.1 Å². The monoisotopic (exact) mass is 278 g/mol. The fourth-order valence-corrected chi connectivity index (χ4v) is 1.39. The number of hydrogen-bond acceptors (Lipinski definition) is 1. The van der Waals surface area contributed by atoms with Crippen molar-refractivity contribution in [3.63, 3.8) is 0 Å². The highest BCUT2D eigenvalue weighted by atomic mass is 127. The summed E-state index contributed by atoms with van der Waals surface area (Å²) in [7, 11) is 0. The molecule has 0 unspecified atom stereocenters. The number of Topliss-reactive ketones (excluding diaryl/α,β-unsaturated/α-hetero) is 1. The lowest BCUT2D eigenvalue weighted by atomic mass is 10.1. The van der Waals surface area contributed by atoms with Crippen molar-refractivity contribution in [3.8, 4) is 0 Å². The minimum atomic E-state index is -0.294. The summed E-state index contributed by atoms with van der Waals surface area (Å²) in [5, 5.41) is 0. The third kappa shape index (κ3) is 2.55. The van der Waals surface area contributed by atoms with Crippen LogP contribution in [0, 0.1) is 9.39 Å². The van der Waals surface area contributed by atoms with Crippen LogP contribution in [0.5, 0.6) is 0 Å². The predicted molar refractivity (Wildman–Crippen MR) is 53.5 cm³/mol. The molecule has 12 heavy (non-hydrogen) atoms. The second-order valence-corrected chi connectivity index (χ2v) is 3.86. The summed E-state index contributed by atoms with van der Waals surface area (Å²) >= 11 is 2.03. The van der Waals surface area contributed by atoms with Gasteiger partial charge in [0.15, 0.2) is 0 Å². The molecule has 0 aliphatic heterocycles. The molecule has 1 rings (SSSR count). The van der Waals surface area contributed by atoms with Gasteiger partial charge in [0.25, 0.3) is 0 Å². The third-order valence-corrected chi connectivity index (χ3v) is 2.13. The van der Waals surface area contributed by atoms with Crippen LogP contribution in [0.4, 0.5) is 4.39 Å². The summed E-state index contributed by atoms with van der Waals surface area (Å²) in [5.74, 6) is -0.313. The molecule has 0 amide bonds. The zero-order chi connectivity index (χ0) is 9.14. The van der Waals surface area contributed by atoms with Crippen molar-refractivity contribution in [2.75, 3.05) is 0 Å². The van der Waals surface area contributed by atoms with Crippen LogP contribution >= 0.6 is 22.6 Å². The molecule has 0 heterocycles. The minimum Gasteiger partial charge on any atom is -0.300 e. The Morgan fingerprint density at radius 2 is 2.25 bits per heavy atom. The van der Waals surface area contributed by atoms with Crippen molar-refractivity contribution < 1.29 is 9.18 Å². The SMILES string of the molecule is CC(=O)Cc1ccc(I)cc1F. The van der Waals surface area contributed by atoms with Gasteiger partial charge in [0.05, 0.1) is 0 Å². The second kappa shape index (κ2) is 3.98. The molecule has 64 valence electrons. The maximum absolute atomic E-state index is 13.1. The van der Waals surface area contributed by atoms with Gasteiger partial charge in [0.1, 0.15) is 11.6 Å². The van der Waals surface area contributed by atoms with E-state index in [2.05, 4.69) is 0 Å². The molecule has 0 aliphatic carbocycles. The molecule has 0 saturated heterocycles. The lowest BCUT2D eigenvalue weighted by Gasteiger charge is -1.99. The van der Waals surface area contributed by atoms with Gasteiger partial charge in [-0.25, -0.2) is 4.39 Å². The molecule has 0 aliphatic rings. The summed E-state index contributed by atoms with van der Waals surface area (Å²) < 4.78 is 13.9. The van der Waals surface area contributed by atoms with E-state index in [0.717, 1.165) is 3.57 Å². The number of benzene rings is 1. The highest BCUT2D eigenvalue weighted by Crippen LogP contribution is 2.12. The molecule has 3 heteroatoms. The van der Waals surface area contributed by atoms with Crippen molar-refractivity contribution >= 4 is 28.4 Å².